The van der Waals surface area contributed by atoms with Gasteiger partial charge in [0.2, 0.25) is 0 Å². The maximum Gasteiger partial charge on any atom is 0.269 e. The largest absolute Gasteiger partial charge is 0.497 e. The molecular formula is C23H16BrN3O4. The highest BCUT2D eigenvalue weighted by molar-refractivity contribution is 9.10. The molecule has 8 heteroatoms. The molecule has 0 N–H and O–H groups in total. The Hall–Kier alpha value is -3.78. The summed E-state index contributed by atoms with van der Waals surface area (Å²) < 4.78 is 7.52. The van der Waals surface area contributed by atoms with Crippen molar-refractivity contribution in [3.05, 3.63) is 103 Å². The highest BCUT2D eigenvalue weighted by Gasteiger charge is 2.12. The number of hydrogen-bond acceptors (Lipinski definition) is 5. The molecule has 0 aliphatic heterocycles. The first kappa shape index (κ1) is 20.5. The summed E-state index contributed by atoms with van der Waals surface area (Å²) in [4.78, 5) is 28.4. The van der Waals surface area contributed by atoms with Gasteiger partial charge in [0, 0.05) is 16.6 Å². The van der Waals surface area contributed by atoms with E-state index in [1.165, 1.54) is 16.7 Å². The maximum absolute atomic E-state index is 13.3. The Labute approximate surface area is 185 Å². The quantitative estimate of drug-likeness (QED) is 0.289. The Morgan fingerprint density at radius 2 is 1.74 bits per heavy atom. The van der Waals surface area contributed by atoms with Crippen LogP contribution in [0.2, 0.25) is 0 Å². The van der Waals surface area contributed by atoms with Crippen molar-refractivity contribution in [3.8, 4) is 11.4 Å². The Morgan fingerprint density at radius 3 is 2.39 bits per heavy atom. The number of hydrogen-bond donors (Lipinski definition) is 0. The molecule has 4 rings (SSSR count). The fourth-order valence-electron chi connectivity index (χ4n) is 3.15. The highest BCUT2D eigenvalue weighted by atomic mass is 79.9. The third kappa shape index (κ3) is 4.24. The molecule has 154 valence electrons. The fourth-order valence-corrected chi connectivity index (χ4v) is 3.51. The molecule has 4 aromatic rings. The lowest BCUT2D eigenvalue weighted by Gasteiger charge is -2.12. The van der Waals surface area contributed by atoms with Crippen LogP contribution in [0.25, 0.3) is 28.7 Å². The van der Waals surface area contributed by atoms with Gasteiger partial charge in [0.1, 0.15) is 11.6 Å². The summed E-state index contributed by atoms with van der Waals surface area (Å²) in [5.41, 5.74) is 1.77. The van der Waals surface area contributed by atoms with Gasteiger partial charge < -0.3 is 4.74 Å². The lowest BCUT2D eigenvalue weighted by atomic mass is 10.2. The first-order valence-electron chi connectivity index (χ1n) is 9.25. The van der Waals surface area contributed by atoms with Crippen molar-refractivity contribution in [2.75, 3.05) is 7.11 Å². The molecule has 0 atom stereocenters. The van der Waals surface area contributed by atoms with Gasteiger partial charge in [-0.05, 0) is 66.2 Å². The highest BCUT2D eigenvalue weighted by Crippen LogP contribution is 2.21. The summed E-state index contributed by atoms with van der Waals surface area (Å²) in [6, 6.07) is 18.6. The van der Waals surface area contributed by atoms with Crippen LogP contribution in [0, 0.1) is 10.1 Å². The van der Waals surface area contributed by atoms with Gasteiger partial charge >= 0.3 is 0 Å². The standard InChI is InChI=1S/C23H16BrN3O4/c1-31-19-10-8-17(9-11-19)26-22(13-4-15-2-6-18(7-3-15)27(29)30)25-21-12-5-16(24)14-20(21)23(26)28/h2-14H,1H3. The third-order valence-electron chi connectivity index (χ3n) is 4.72. The number of methoxy groups -OCH3 is 1. The molecule has 0 aliphatic rings. The Balaban J connectivity index is 1.86. The molecule has 0 bridgehead atoms. The lowest BCUT2D eigenvalue weighted by Crippen LogP contribution is -2.22. The van der Waals surface area contributed by atoms with E-state index in [9.17, 15) is 14.9 Å². The Kier molecular flexibility index (Phi) is 5.64. The van der Waals surface area contributed by atoms with Gasteiger partial charge in [0.15, 0.2) is 0 Å². The van der Waals surface area contributed by atoms with E-state index in [4.69, 9.17) is 4.74 Å². The third-order valence-corrected chi connectivity index (χ3v) is 5.21. The molecule has 0 saturated carbocycles. The van der Waals surface area contributed by atoms with Crippen molar-refractivity contribution >= 4 is 44.7 Å². The second-order valence-corrected chi connectivity index (χ2v) is 7.57. The molecule has 3 aromatic carbocycles. The molecule has 0 amide bonds. The number of ether oxygens (including phenoxy) is 1. The van der Waals surface area contributed by atoms with E-state index in [0.717, 1.165) is 10.0 Å². The van der Waals surface area contributed by atoms with E-state index >= 15 is 0 Å². The molecule has 1 aromatic heterocycles. The molecule has 0 aliphatic carbocycles. The summed E-state index contributed by atoms with van der Waals surface area (Å²) >= 11 is 3.41. The Bertz CT molecular complexity index is 1360. The molecule has 0 spiro atoms. The van der Waals surface area contributed by atoms with Gasteiger partial charge in [-0.25, -0.2) is 4.98 Å². The fraction of sp³-hybridized carbons (Fsp3) is 0.0435. The minimum Gasteiger partial charge on any atom is -0.497 e. The van der Waals surface area contributed by atoms with E-state index in [0.29, 0.717) is 28.2 Å². The van der Waals surface area contributed by atoms with Gasteiger partial charge in [-0.1, -0.05) is 22.0 Å². The molecule has 0 fully saturated rings. The molecule has 0 unspecified atom stereocenters. The van der Waals surface area contributed by atoms with Crippen LogP contribution in [0.4, 0.5) is 5.69 Å². The number of fused-ring (bicyclic) bond motifs is 1. The van der Waals surface area contributed by atoms with Gasteiger partial charge in [-0.15, -0.1) is 0 Å². The lowest BCUT2D eigenvalue weighted by molar-refractivity contribution is -0.384. The van der Waals surface area contributed by atoms with Gasteiger partial charge in [-0.2, -0.15) is 0 Å². The van der Waals surface area contributed by atoms with Crippen molar-refractivity contribution < 1.29 is 9.66 Å². The van der Waals surface area contributed by atoms with Crippen molar-refractivity contribution in [1.82, 2.24) is 9.55 Å². The molecular weight excluding hydrogens is 462 g/mol. The van der Waals surface area contributed by atoms with Crippen LogP contribution in [-0.4, -0.2) is 21.6 Å². The van der Waals surface area contributed by atoms with E-state index in [2.05, 4.69) is 20.9 Å². The number of benzene rings is 3. The normalized spacial score (nSPS) is 11.2. The van der Waals surface area contributed by atoms with E-state index < -0.39 is 4.92 Å². The maximum atomic E-state index is 13.3. The van der Waals surface area contributed by atoms with Crippen molar-refractivity contribution in [2.45, 2.75) is 0 Å². The SMILES string of the molecule is COc1ccc(-n2c(C=Cc3ccc([N+](=O)[O-])cc3)nc3ccc(Br)cc3c2=O)cc1. The number of rotatable bonds is 5. The molecule has 31 heavy (non-hydrogen) atoms. The molecule has 1 heterocycles. The Morgan fingerprint density at radius 1 is 1.03 bits per heavy atom. The summed E-state index contributed by atoms with van der Waals surface area (Å²) in [5.74, 6) is 1.11. The first-order valence-corrected chi connectivity index (χ1v) is 10.0. The van der Waals surface area contributed by atoms with Gasteiger partial charge in [0.05, 0.1) is 28.6 Å². The van der Waals surface area contributed by atoms with Gasteiger partial charge in [0.25, 0.3) is 11.2 Å². The van der Waals surface area contributed by atoms with Crippen molar-refractivity contribution in [2.24, 2.45) is 0 Å². The predicted molar refractivity (Wildman–Crippen MR) is 124 cm³/mol. The van der Waals surface area contributed by atoms with Crippen LogP contribution in [0.5, 0.6) is 5.75 Å². The number of halogens is 1. The summed E-state index contributed by atoms with van der Waals surface area (Å²) in [6.07, 6.45) is 3.48. The van der Waals surface area contributed by atoms with Crippen LogP contribution in [0.15, 0.2) is 76.0 Å². The van der Waals surface area contributed by atoms with Crippen LogP contribution in [0.1, 0.15) is 11.4 Å². The van der Waals surface area contributed by atoms with Crippen LogP contribution >= 0.6 is 15.9 Å². The first-order chi connectivity index (χ1) is 15.0. The average molecular weight is 478 g/mol. The summed E-state index contributed by atoms with van der Waals surface area (Å²) in [5, 5.41) is 11.3. The molecule has 7 nitrogen and oxygen atoms in total. The van der Waals surface area contributed by atoms with Crippen LogP contribution in [-0.2, 0) is 0 Å². The van der Waals surface area contributed by atoms with Crippen molar-refractivity contribution in [1.29, 1.82) is 0 Å². The number of aromatic nitrogens is 2. The number of nitro benzene ring substituents is 1. The van der Waals surface area contributed by atoms with Gasteiger partial charge in [-0.3, -0.25) is 19.5 Å². The zero-order valence-electron chi connectivity index (χ0n) is 16.4. The monoisotopic (exact) mass is 477 g/mol. The van der Waals surface area contributed by atoms with Crippen molar-refractivity contribution in [3.63, 3.8) is 0 Å². The zero-order chi connectivity index (χ0) is 22.0. The second kappa shape index (κ2) is 8.53. The topological polar surface area (TPSA) is 87.3 Å². The number of nitrogens with zero attached hydrogens (tertiary/aromatic N) is 3. The van der Waals surface area contributed by atoms with E-state index in [1.807, 2.05) is 6.07 Å². The zero-order valence-corrected chi connectivity index (χ0v) is 17.9. The van der Waals surface area contributed by atoms with E-state index in [-0.39, 0.29) is 11.2 Å². The van der Waals surface area contributed by atoms with Crippen LogP contribution < -0.4 is 10.3 Å². The minimum atomic E-state index is -0.447. The summed E-state index contributed by atoms with van der Waals surface area (Å²) in [7, 11) is 1.58. The molecule has 0 saturated heterocycles. The summed E-state index contributed by atoms with van der Waals surface area (Å²) in [6.45, 7) is 0. The average Bonchev–Trinajstić information content (AvgIpc) is 2.78. The predicted octanol–water partition coefficient (Wildman–Crippen LogP) is 5.24. The number of nitro groups is 1. The molecule has 0 radical (unpaired) electrons. The smallest absolute Gasteiger partial charge is 0.269 e. The second-order valence-electron chi connectivity index (χ2n) is 6.65. The minimum absolute atomic E-state index is 0.0155. The van der Waals surface area contributed by atoms with E-state index in [1.54, 1.807) is 67.8 Å². The van der Waals surface area contributed by atoms with Crippen LogP contribution in [0.3, 0.4) is 0 Å². The number of non-ortho nitro benzene ring substituents is 1.